The Hall–Kier alpha value is -2.51. The summed E-state index contributed by atoms with van der Waals surface area (Å²) in [5, 5.41) is 0. The Morgan fingerprint density at radius 1 is 0.962 bits per heavy atom. The van der Waals surface area contributed by atoms with Crippen molar-refractivity contribution in [3.8, 4) is 0 Å². The molecule has 7 heteroatoms. The van der Waals surface area contributed by atoms with Crippen LogP contribution in [-0.2, 0) is 25.8 Å². The van der Waals surface area contributed by atoms with Crippen LogP contribution in [0.15, 0.2) is 78.1 Å². The topological polar surface area (TPSA) is 64.6 Å². The van der Waals surface area contributed by atoms with Gasteiger partial charge in [-0.05, 0) is 31.0 Å². The normalized spacial score (nSPS) is 14.3. The lowest BCUT2D eigenvalue weighted by Gasteiger charge is -2.08. The van der Waals surface area contributed by atoms with Gasteiger partial charge in [0.2, 0.25) is 10.0 Å². The molecule has 0 bridgehead atoms. The van der Waals surface area contributed by atoms with Gasteiger partial charge in [-0.2, -0.15) is 0 Å². The summed E-state index contributed by atoms with van der Waals surface area (Å²) < 4.78 is 38.1. The van der Waals surface area contributed by atoms with E-state index in [1.165, 1.54) is 0 Å². The Balaban J connectivity index is 1.56. The highest BCUT2D eigenvalue weighted by molar-refractivity contribution is 7.89. The van der Waals surface area contributed by atoms with Crippen LogP contribution in [0.25, 0.3) is 0 Å². The van der Waals surface area contributed by atoms with E-state index in [1.54, 1.807) is 24.3 Å². The van der Waals surface area contributed by atoms with Crippen LogP contribution < -0.4 is 10.2 Å². The van der Waals surface area contributed by atoms with E-state index in [9.17, 15) is 8.42 Å². The van der Waals surface area contributed by atoms with Gasteiger partial charge in [-0.3, -0.25) is 0 Å². The van der Waals surface area contributed by atoms with Gasteiger partial charge in [-0.15, -0.1) is 0 Å². The van der Waals surface area contributed by atoms with Crippen LogP contribution in [0.1, 0.15) is 11.1 Å². The molecule has 1 saturated heterocycles. The number of aryl methyl sites for hydroxylation is 1. The van der Waals surface area contributed by atoms with E-state index < -0.39 is 17.1 Å². The molecule has 1 aliphatic rings. The van der Waals surface area contributed by atoms with Gasteiger partial charge in [0.1, 0.15) is 11.5 Å². The summed E-state index contributed by atoms with van der Waals surface area (Å²) in [7, 11) is -4.01. The predicted molar refractivity (Wildman–Crippen MR) is 102 cm³/mol. The number of hydrogen-bond donors (Lipinski definition) is 1. The zero-order valence-electron chi connectivity index (χ0n) is 14.6. The maximum absolute atomic E-state index is 12.3. The monoisotopic (exact) mass is 369 g/mol. The van der Waals surface area contributed by atoms with Crippen LogP contribution in [-0.4, -0.2) is 22.1 Å². The van der Waals surface area contributed by atoms with E-state index in [1.807, 2.05) is 31.2 Å². The summed E-state index contributed by atoms with van der Waals surface area (Å²) in [6.45, 7) is 9.66. The first-order chi connectivity index (χ1) is 12.3. The zero-order chi connectivity index (χ0) is 18.7. The third-order valence-corrected chi connectivity index (χ3v) is 5.58. The second-order valence-electron chi connectivity index (χ2n) is 6.12. The van der Waals surface area contributed by atoms with Crippen molar-refractivity contribution < 1.29 is 17.7 Å². The van der Waals surface area contributed by atoms with Crippen molar-refractivity contribution in [2.75, 3.05) is 6.54 Å². The molecule has 2 aromatic rings. The first-order valence-corrected chi connectivity index (χ1v) is 9.70. The highest BCUT2D eigenvalue weighted by atomic mass is 32.2. The van der Waals surface area contributed by atoms with E-state index in [0.29, 0.717) is 24.5 Å². The van der Waals surface area contributed by atoms with Crippen molar-refractivity contribution in [1.29, 1.82) is 0 Å². The van der Waals surface area contributed by atoms with Gasteiger partial charge in [-0.1, -0.05) is 55.1 Å². The van der Waals surface area contributed by atoms with Gasteiger partial charge in [0, 0.05) is 12.0 Å². The van der Waals surface area contributed by atoms with Crippen LogP contribution in [0.2, 0.25) is 0 Å². The molecule has 0 saturated carbocycles. The van der Waals surface area contributed by atoms with Crippen molar-refractivity contribution in [2.24, 2.45) is 0 Å². The molecule has 0 radical (unpaired) electrons. The highest BCUT2D eigenvalue weighted by Crippen LogP contribution is 2.20. The molecule has 26 heavy (non-hydrogen) atoms. The standard InChI is InChI=1S/C19H20BNO4S/c1-14-4-10-19(11-5-14)26(22,23)21-13-12-17-6-8-18(9-7-17)20-24-15(2)16(3)25-20/h4-11,21H,2-3,12-13H2,1H3. The van der Waals surface area contributed by atoms with E-state index in [-0.39, 0.29) is 4.90 Å². The summed E-state index contributed by atoms with van der Waals surface area (Å²) in [5.41, 5.74) is 2.89. The zero-order valence-corrected chi connectivity index (χ0v) is 15.4. The number of hydrogen-bond acceptors (Lipinski definition) is 4. The van der Waals surface area contributed by atoms with E-state index in [0.717, 1.165) is 16.6 Å². The molecule has 0 amide bonds. The number of benzene rings is 2. The molecule has 0 spiro atoms. The minimum atomic E-state index is -3.49. The van der Waals surface area contributed by atoms with Crippen LogP contribution in [0.5, 0.6) is 0 Å². The first kappa shape index (κ1) is 18.3. The van der Waals surface area contributed by atoms with Gasteiger partial charge < -0.3 is 9.31 Å². The molecule has 5 nitrogen and oxygen atoms in total. The smallest absolute Gasteiger partial charge is 0.520 e. The van der Waals surface area contributed by atoms with Crippen LogP contribution >= 0.6 is 0 Å². The number of rotatable bonds is 6. The van der Waals surface area contributed by atoms with Crippen molar-refractivity contribution >= 4 is 22.6 Å². The molecule has 0 atom stereocenters. The quantitative estimate of drug-likeness (QED) is 0.794. The van der Waals surface area contributed by atoms with Crippen molar-refractivity contribution in [3.05, 3.63) is 84.3 Å². The minimum absolute atomic E-state index is 0.273. The van der Waals surface area contributed by atoms with Gasteiger partial charge in [0.05, 0.1) is 4.90 Å². The molecule has 0 aromatic heterocycles. The largest absolute Gasteiger partial charge is 0.632 e. The molecule has 1 aliphatic heterocycles. The Kier molecular flexibility index (Phi) is 5.20. The SMILES string of the molecule is C=C1OB(c2ccc(CCNS(=O)(=O)c3ccc(C)cc3)cc2)OC1=C. The Labute approximate surface area is 154 Å². The lowest BCUT2D eigenvalue weighted by molar-refractivity contribution is 0.431. The molecular formula is C19H20BNO4S. The van der Waals surface area contributed by atoms with Gasteiger partial charge in [0.25, 0.3) is 0 Å². The summed E-state index contributed by atoms with van der Waals surface area (Å²) in [6.07, 6.45) is 0.581. The van der Waals surface area contributed by atoms with Crippen molar-refractivity contribution in [3.63, 3.8) is 0 Å². The fourth-order valence-corrected chi connectivity index (χ4v) is 3.55. The lowest BCUT2D eigenvalue weighted by Crippen LogP contribution is -2.31. The molecule has 2 aromatic carbocycles. The lowest BCUT2D eigenvalue weighted by atomic mass is 9.79. The summed E-state index contributed by atoms with van der Waals surface area (Å²) in [6, 6.07) is 14.4. The summed E-state index contributed by atoms with van der Waals surface area (Å²) in [4.78, 5) is 0.273. The maximum atomic E-state index is 12.3. The first-order valence-electron chi connectivity index (χ1n) is 8.22. The van der Waals surface area contributed by atoms with Crippen LogP contribution in [0.4, 0.5) is 0 Å². The van der Waals surface area contributed by atoms with Gasteiger partial charge in [-0.25, -0.2) is 13.1 Å². The molecule has 1 heterocycles. The van der Waals surface area contributed by atoms with Gasteiger partial charge >= 0.3 is 7.12 Å². The summed E-state index contributed by atoms with van der Waals surface area (Å²) in [5.74, 6) is 0.870. The molecular weight excluding hydrogens is 349 g/mol. The minimum Gasteiger partial charge on any atom is -0.520 e. The Morgan fingerprint density at radius 2 is 1.54 bits per heavy atom. The van der Waals surface area contributed by atoms with Crippen LogP contribution in [0.3, 0.4) is 0 Å². The molecule has 0 unspecified atom stereocenters. The Morgan fingerprint density at radius 3 is 2.12 bits per heavy atom. The molecule has 0 aliphatic carbocycles. The average Bonchev–Trinajstić information content (AvgIpc) is 2.95. The van der Waals surface area contributed by atoms with E-state index >= 15 is 0 Å². The van der Waals surface area contributed by atoms with E-state index in [2.05, 4.69) is 17.9 Å². The molecule has 3 rings (SSSR count). The molecule has 1 N–H and O–H groups in total. The second-order valence-corrected chi connectivity index (χ2v) is 7.88. The highest BCUT2D eigenvalue weighted by Gasteiger charge is 2.34. The number of nitrogens with one attached hydrogen (secondary N) is 1. The Bertz CT molecular complexity index is 905. The predicted octanol–water partition coefficient (Wildman–Crippen LogP) is 2.29. The fourth-order valence-electron chi connectivity index (χ4n) is 2.52. The van der Waals surface area contributed by atoms with Crippen LogP contribution in [0, 0.1) is 6.92 Å². The maximum Gasteiger partial charge on any atom is 0.632 e. The van der Waals surface area contributed by atoms with Gasteiger partial charge in [0.15, 0.2) is 0 Å². The van der Waals surface area contributed by atoms with Crippen molar-refractivity contribution in [2.45, 2.75) is 18.2 Å². The number of sulfonamides is 1. The fraction of sp³-hybridized carbons (Fsp3) is 0.158. The van der Waals surface area contributed by atoms with Crippen molar-refractivity contribution in [1.82, 2.24) is 4.72 Å². The molecule has 134 valence electrons. The summed E-state index contributed by atoms with van der Waals surface area (Å²) >= 11 is 0. The van der Waals surface area contributed by atoms with E-state index in [4.69, 9.17) is 9.31 Å². The second kappa shape index (κ2) is 7.39. The average molecular weight is 369 g/mol. The third kappa shape index (κ3) is 4.18. The third-order valence-electron chi connectivity index (χ3n) is 4.10. The molecule has 1 fully saturated rings.